The van der Waals surface area contributed by atoms with E-state index < -0.39 is 48.4 Å². The number of hydrogen-bond acceptors (Lipinski definition) is 1. The average Bonchev–Trinajstić information content (AvgIpc) is 2.50. The fourth-order valence-electron chi connectivity index (χ4n) is 1.94. The van der Waals surface area contributed by atoms with E-state index in [1.54, 1.807) is 6.07 Å². The molecule has 1 aromatic rings. The first kappa shape index (κ1) is 22.0. The first-order valence-corrected chi connectivity index (χ1v) is 6.97. The first-order chi connectivity index (χ1) is 11.6. The Balaban J connectivity index is 3.28. The van der Waals surface area contributed by atoms with E-state index in [9.17, 15) is 44.3 Å². The molecular formula is C15H12F9NO. The summed E-state index contributed by atoms with van der Waals surface area (Å²) in [6.07, 6.45) is -8.49. The number of alkyl halides is 9. The van der Waals surface area contributed by atoms with Gasteiger partial charge in [-0.3, -0.25) is 4.79 Å². The van der Waals surface area contributed by atoms with E-state index in [2.05, 4.69) is 4.99 Å². The fourth-order valence-corrected chi connectivity index (χ4v) is 1.94. The van der Waals surface area contributed by atoms with Gasteiger partial charge in [-0.15, -0.1) is 0 Å². The third-order valence-electron chi connectivity index (χ3n) is 3.29. The Morgan fingerprint density at radius 3 is 1.81 bits per heavy atom. The van der Waals surface area contributed by atoms with Gasteiger partial charge in [-0.1, -0.05) is 30.3 Å². The number of aryl methyl sites for hydroxylation is 1. The normalized spacial score (nSPS) is 14.5. The summed E-state index contributed by atoms with van der Waals surface area (Å²) in [7, 11) is 0. The molecule has 0 saturated carbocycles. The lowest BCUT2D eigenvalue weighted by Gasteiger charge is -2.34. The van der Waals surface area contributed by atoms with E-state index in [1.807, 2.05) is 0 Å². The second-order valence-electron chi connectivity index (χ2n) is 5.28. The largest absolute Gasteiger partial charge is 0.460 e. The lowest BCUT2D eigenvalue weighted by Crippen LogP contribution is -2.63. The molecule has 146 valence electrons. The van der Waals surface area contributed by atoms with E-state index in [4.69, 9.17) is 0 Å². The molecule has 0 saturated heterocycles. The zero-order valence-corrected chi connectivity index (χ0v) is 13.1. The van der Waals surface area contributed by atoms with Gasteiger partial charge in [-0.2, -0.15) is 39.5 Å². The zero-order chi connectivity index (χ0) is 20.4. The first-order valence-electron chi connectivity index (χ1n) is 6.97. The van der Waals surface area contributed by atoms with Gasteiger partial charge in [0, 0.05) is 6.92 Å². The summed E-state index contributed by atoms with van der Waals surface area (Å²) >= 11 is 0. The Morgan fingerprint density at radius 1 is 0.885 bits per heavy atom. The number of benzene rings is 1. The van der Waals surface area contributed by atoms with Crippen molar-refractivity contribution in [2.45, 2.75) is 43.7 Å². The van der Waals surface area contributed by atoms with Crippen LogP contribution in [0.5, 0.6) is 0 Å². The Morgan fingerprint density at radius 2 is 1.38 bits per heavy atom. The predicted molar refractivity (Wildman–Crippen MR) is 73.8 cm³/mol. The molecule has 2 nitrogen and oxygen atoms in total. The monoisotopic (exact) mass is 393 g/mol. The summed E-state index contributed by atoms with van der Waals surface area (Å²) in [6, 6.07) is 7.22. The van der Waals surface area contributed by atoms with Crippen molar-refractivity contribution in [3.63, 3.8) is 0 Å². The van der Waals surface area contributed by atoms with Gasteiger partial charge in [-0.25, -0.2) is 4.99 Å². The van der Waals surface area contributed by atoms with Gasteiger partial charge in [0.15, 0.2) is 0 Å². The molecule has 0 unspecified atom stereocenters. The van der Waals surface area contributed by atoms with Crippen LogP contribution in [0.3, 0.4) is 0 Å². The van der Waals surface area contributed by atoms with Crippen molar-refractivity contribution in [2.24, 2.45) is 4.99 Å². The summed E-state index contributed by atoms with van der Waals surface area (Å²) in [5, 5.41) is 0. The van der Waals surface area contributed by atoms with Crippen molar-refractivity contribution in [2.75, 3.05) is 0 Å². The molecule has 1 aromatic carbocycles. The zero-order valence-electron chi connectivity index (χ0n) is 13.1. The van der Waals surface area contributed by atoms with Gasteiger partial charge < -0.3 is 0 Å². The number of hydrogen-bond donors (Lipinski definition) is 0. The summed E-state index contributed by atoms with van der Waals surface area (Å²) in [4.78, 5) is 13.5. The van der Waals surface area contributed by atoms with E-state index in [0.717, 1.165) is 0 Å². The van der Waals surface area contributed by atoms with Gasteiger partial charge in [0.05, 0.1) is 5.71 Å². The van der Waals surface area contributed by atoms with Gasteiger partial charge >= 0.3 is 23.9 Å². The van der Waals surface area contributed by atoms with Crippen LogP contribution in [-0.4, -0.2) is 35.6 Å². The summed E-state index contributed by atoms with van der Waals surface area (Å²) in [6.45, 7) is 0.568. The van der Waals surface area contributed by atoms with E-state index in [1.165, 1.54) is 24.3 Å². The topological polar surface area (TPSA) is 29.4 Å². The second-order valence-corrected chi connectivity index (χ2v) is 5.28. The van der Waals surface area contributed by atoms with Crippen molar-refractivity contribution >= 4 is 11.6 Å². The second kappa shape index (κ2) is 7.28. The maximum absolute atomic E-state index is 13.9. The van der Waals surface area contributed by atoms with Gasteiger partial charge in [0.25, 0.3) is 0 Å². The molecule has 0 fully saturated rings. The number of carbonyl (C=O) groups is 1. The maximum Gasteiger partial charge on any atom is 0.460 e. The number of amides is 1. The molecule has 0 aliphatic rings. The Kier molecular flexibility index (Phi) is 6.15. The van der Waals surface area contributed by atoms with Crippen LogP contribution in [0, 0.1) is 0 Å². The number of aliphatic imine (C=N–C) groups is 1. The average molecular weight is 393 g/mol. The molecule has 0 bridgehead atoms. The lowest BCUT2D eigenvalue weighted by molar-refractivity contribution is -0.385. The van der Waals surface area contributed by atoms with Crippen LogP contribution in [0.2, 0.25) is 0 Å². The number of halogens is 9. The van der Waals surface area contributed by atoms with E-state index in [-0.39, 0.29) is 0 Å². The molecule has 0 aromatic heterocycles. The van der Waals surface area contributed by atoms with Crippen LogP contribution in [0.1, 0.15) is 18.9 Å². The van der Waals surface area contributed by atoms with E-state index in [0.29, 0.717) is 12.5 Å². The molecule has 0 aliphatic carbocycles. The maximum atomic E-state index is 13.9. The molecule has 0 atom stereocenters. The van der Waals surface area contributed by atoms with Crippen molar-refractivity contribution < 1.29 is 44.3 Å². The minimum atomic E-state index is -7.03. The van der Waals surface area contributed by atoms with Crippen LogP contribution < -0.4 is 0 Å². The summed E-state index contributed by atoms with van der Waals surface area (Å²) < 4.78 is 117. The van der Waals surface area contributed by atoms with Crippen LogP contribution >= 0.6 is 0 Å². The third kappa shape index (κ3) is 4.18. The molecule has 0 heterocycles. The SMILES string of the molecule is CC(=O)N=C(CCc1ccccc1)C(F)(F)C(F)(F)C(F)(F)C(F)(F)F. The Bertz CT molecular complexity index is 665. The molecule has 1 amide bonds. The van der Waals surface area contributed by atoms with Gasteiger partial charge in [0.1, 0.15) is 0 Å². The molecule has 0 spiro atoms. The summed E-state index contributed by atoms with van der Waals surface area (Å²) in [5.74, 6) is -21.3. The quantitative estimate of drug-likeness (QED) is 0.490. The van der Waals surface area contributed by atoms with Gasteiger partial charge in [0.2, 0.25) is 5.91 Å². The Hall–Kier alpha value is -2.07. The predicted octanol–water partition coefficient (Wildman–Crippen LogP) is 5.07. The highest BCUT2D eigenvalue weighted by atomic mass is 19.4. The molecule has 11 heteroatoms. The smallest absolute Gasteiger partial charge is 0.273 e. The molecular weight excluding hydrogens is 381 g/mol. The van der Waals surface area contributed by atoms with Crippen molar-refractivity contribution in [1.82, 2.24) is 0 Å². The van der Waals surface area contributed by atoms with Crippen molar-refractivity contribution in [3.05, 3.63) is 35.9 Å². The highest BCUT2D eigenvalue weighted by Gasteiger charge is 2.82. The number of carbonyl (C=O) groups excluding carboxylic acids is 1. The molecule has 0 radical (unpaired) electrons. The van der Waals surface area contributed by atoms with Gasteiger partial charge in [-0.05, 0) is 18.4 Å². The van der Waals surface area contributed by atoms with E-state index >= 15 is 0 Å². The fraction of sp³-hybridized carbons (Fsp3) is 0.467. The molecule has 26 heavy (non-hydrogen) atoms. The number of rotatable bonds is 6. The lowest BCUT2D eigenvalue weighted by atomic mass is 9.95. The van der Waals surface area contributed by atoms with Crippen molar-refractivity contribution in [1.29, 1.82) is 0 Å². The highest BCUT2D eigenvalue weighted by Crippen LogP contribution is 2.53. The van der Waals surface area contributed by atoms with Crippen molar-refractivity contribution in [3.8, 4) is 0 Å². The van der Waals surface area contributed by atoms with Crippen LogP contribution in [-0.2, 0) is 11.2 Å². The van der Waals surface area contributed by atoms with Crippen LogP contribution in [0.15, 0.2) is 35.3 Å². The minimum Gasteiger partial charge on any atom is -0.273 e. The molecule has 0 N–H and O–H groups in total. The standard InChI is InChI=1S/C15H12F9NO/c1-9(26)25-11(8-7-10-5-3-2-4-6-10)12(16,17)13(18,19)14(20,21)15(22,23)24/h2-6H,7-8H2,1H3. The van der Waals surface area contributed by atoms with Crippen LogP contribution in [0.25, 0.3) is 0 Å². The number of nitrogens with zero attached hydrogens (tertiary/aromatic N) is 1. The third-order valence-corrected chi connectivity index (χ3v) is 3.29. The Labute approximate surface area is 141 Å². The minimum absolute atomic E-state index is 0.297. The van der Waals surface area contributed by atoms with Crippen LogP contribution in [0.4, 0.5) is 39.5 Å². The summed E-state index contributed by atoms with van der Waals surface area (Å²) in [5.41, 5.74) is -1.76. The molecule has 0 aliphatic heterocycles. The highest BCUT2D eigenvalue weighted by molar-refractivity contribution is 6.00. The molecule has 1 rings (SSSR count).